The lowest BCUT2D eigenvalue weighted by Gasteiger charge is -2.36. The van der Waals surface area contributed by atoms with Gasteiger partial charge >= 0.3 is 12.1 Å². The van der Waals surface area contributed by atoms with Gasteiger partial charge < -0.3 is 20.0 Å². The van der Waals surface area contributed by atoms with Crippen LogP contribution in [-0.4, -0.2) is 78.4 Å². The normalized spacial score (nSPS) is 15.3. The number of aliphatic hydroxyl groups is 1. The van der Waals surface area contributed by atoms with Crippen molar-refractivity contribution in [2.24, 2.45) is 0 Å². The van der Waals surface area contributed by atoms with Crippen molar-refractivity contribution in [3.8, 4) is 0 Å². The van der Waals surface area contributed by atoms with Gasteiger partial charge in [0.25, 0.3) is 0 Å². The minimum absolute atomic E-state index is 0.186. The number of hydrogen-bond acceptors (Lipinski definition) is 6. The lowest BCUT2D eigenvalue weighted by atomic mass is 10.1. The molecule has 0 spiro atoms. The van der Waals surface area contributed by atoms with Crippen LogP contribution >= 0.6 is 11.8 Å². The van der Waals surface area contributed by atoms with E-state index in [1.165, 1.54) is 68.8 Å². The minimum atomic E-state index is -4.35. The van der Waals surface area contributed by atoms with Gasteiger partial charge in [-0.05, 0) is 49.7 Å². The summed E-state index contributed by atoms with van der Waals surface area (Å²) in [5, 5.41) is 17.5. The van der Waals surface area contributed by atoms with E-state index in [0.29, 0.717) is 25.2 Å². The Bertz CT molecular complexity index is 1130. The van der Waals surface area contributed by atoms with Gasteiger partial charge in [-0.15, -0.1) is 0 Å². The number of fused-ring (bicyclic) bond motifs is 2. The minimum Gasteiger partial charge on any atom is -0.481 e. The molecular weight excluding hydrogens is 587 g/mol. The van der Waals surface area contributed by atoms with Crippen LogP contribution in [0.25, 0.3) is 0 Å². The number of unbranched alkanes of at least 4 members (excludes halogenated alkanes) is 8. The van der Waals surface area contributed by atoms with E-state index in [4.69, 9.17) is 10.2 Å². The predicted octanol–water partition coefficient (Wildman–Crippen LogP) is 8.30. The molecule has 0 aliphatic carbocycles. The summed E-state index contributed by atoms with van der Waals surface area (Å²) in [7, 11) is 0. The number of aliphatic hydroxyl groups excluding tert-OH is 1. The molecule has 44 heavy (non-hydrogen) atoms. The zero-order valence-corrected chi connectivity index (χ0v) is 27.0. The summed E-state index contributed by atoms with van der Waals surface area (Å²) in [5.41, 5.74) is 1.01. The Morgan fingerprint density at radius 2 is 1.36 bits per heavy atom. The lowest BCUT2D eigenvalue weighted by Crippen LogP contribution is -2.47. The second-order valence-corrected chi connectivity index (χ2v) is 12.7. The number of anilines is 2. The number of alkyl halides is 3. The van der Waals surface area contributed by atoms with E-state index in [1.807, 2.05) is 29.2 Å². The summed E-state index contributed by atoms with van der Waals surface area (Å²) in [6, 6.07) is 11.9. The van der Waals surface area contributed by atoms with Crippen molar-refractivity contribution in [1.82, 2.24) is 9.80 Å². The van der Waals surface area contributed by atoms with Crippen molar-refractivity contribution in [1.29, 1.82) is 0 Å². The van der Waals surface area contributed by atoms with Gasteiger partial charge in [-0.25, -0.2) is 0 Å². The van der Waals surface area contributed by atoms with Gasteiger partial charge in [0.05, 0.1) is 23.5 Å². The Balaban J connectivity index is 0.000000321. The number of nitrogens with zero attached hydrogens (tertiary/aromatic N) is 3. The van der Waals surface area contributed by atoms with E-state index in [-0.39, 0.29) is 6.61 Å². The number of para-hydroxylation sites is 1. The number of benzene rings is 2. The number of carboxylic acids is 1. The average molecular weight is 638 g/mol. The van der Waals surface area contributed by atoms with Crippen LogP contribution in [0.3, 0.4) is 0 Å². The van der Waals surface area contributed by atoms with Gasteiger partial charge in [0, 0.05) is 55.5 Å². The maximum Gasteiger partial charge on any atom is 0.416 e. The van der Waals surface area contributed by atoms with Crippen molar-refractivity contribution >= 4 is 29.1 Å². The molecule has 6 nitrogen and oxygen atoms in total. The summed E-state index contributed by atoms with van der Waals surface area (Å²) in [5.74, 6) is -0.659. The van der Waals surface area contributed by atoms with Crippen molar-refractivity contribution in [3.63, 3.8) is 0 Å². The Morgan fingerprint density at radius 1 is 0.773 bits per heavy atom. The van der Waals surface area contributed by atoms with E-state index in [0.717, 1.165) is 67.5 Å². The number of rotatable bonds is 16. The van der Waals surface area contributed by atoms with E-state index in [9.17, 15) is 18.0 Å². The first kappa shape index (κ1) is 36.2. The molecule has 10 heteroatoms. The summed E-state index contributed by atoms with van der Waals surface area (Å²) in [4.78, 5) is 18.8. The summed E-state index contributed by atoms with van der Waals surface area (Å²) in [6.07, 6.45) is 8.00. The standard InChI is InChI=1S/C22H26F3N3OS.C12H24O2/c23-22(24,25)17-6-7-21-19(16-17)28(18-4-1-2-5-20(18)30-21)9-3-8-26-10-12-27(13-11-26)14-15-29;1-2-3-4-5-6-7-8-9-10-11-12(13)14/h1-2,4-7,16,29H,3,8-15H2;2-11H2,1H3,(H,13,14). The molecule has 1 saturated heterocycles. The fourth-order valence-corrected chi connectivity index (χ4v) is 6.74. The van der Waals surface area contributed by atoms with Gasteiger partial charge in [-0.1, -0.05) is 82.2 Å². The highest BCUT2D eigenvalue weighted by molar-refractivity contribution is 7.99. The number of β-amino-alcohol motifs (C(OH)–C–C–N with tert-alkyl or cyclic N) is 1. The van der Waals surface area contributed by atoms with Crippen LogP contribution in [0.1, 0.15) is 83.1 Å². The SMILES string of the molecule is CCCCCCCCCCCC(=O)O.OCCN1CCN(CCCN2c3ccccc3Sc3ccc(C(F)(F)F)cc32)CC1. The molecule has 0 amide bonds. The molecular formula is C34H50F3N3O3S. The largest absolute Gasteiger partial charge is 0.481 e. The monoisotopic (exact) mass is 637 g/mol. The number of piperazine rings is 1. The third-order valence-corrected chi connectivity index (χ3v) is 9.31. The van der Waals surface area contributed by atoms with Crippen LogP contribution < -0.4 is 4.90 Å². The molecule has 2 aromatic rings. The van der Waals surface area contributed by atoms with E-state index < -0.39 is 17.7 Å². The molecule has 2 N–H and O–H groups in total. The Hall–Kier alpha value is -2.27. The Labute approximate surface area is 265 Å². The number of carbonyl (C=O) groups is 1. The molecule has 246 valence electrons. The first-order valence-electron chi connectivity index (χ1n) is 16.3. The Morgan fingerprint density at radius 3 is 1.98 bits per heavy atom. The van der Waals surface area contributed by atoms with Crippen molar-refractivity contribution in [2.45, 2.75) is 93.5 Å². The Kier molecular flexibility index (Phi) is 15.9. The van der Waals surface area contributed by atoms with Gasteiger partial charge in [-0.3, -0.25) is 9.69 Å². The first-order chi connectivity index (χ1) is 21.2. The van der Waals surface area contributed by atoms with E-state index >= 15 is 0 Å². The summed E-state index contributed by atoms with van der Waals surface area (Å²) < 4.78 is 39.9. The third-order valence-electron chi connectivity index (χ3n) is 8.18. The maximum atomic E-state index is 13.3. The van der Waals surface area contributed by atoms with Crippen LogP contribution in [-0.2, 0) is 11.0 Å². The van der Waals surface area contributed by atoms with Crippen LogP contribution in [0.4, 0.5) is 24.5 Å². The van der Waals surface area contributed by atoms with Crippen LogP contribution in [0, 0.1) is 0 Å². The molecule has 2 aliphatic rings. The molecule has 1 fully saturated rings. The summed E-state index contributed by atoms with van der Waals surface area (Å²) in [6.45, 7) is 8.52. The van der Waals surface area contributed by atoms with Crippen molar-refractivity contribution in [3.05, 3.63) is 48.0 Å². The number of aliphatic carboxylic acids is 1. The molecule has 4 rings (SSSR count). The lowest BCUT2D eigenvalue weighted by molar-refractivity contribution is -0.138. The predicted molar refractivity (Wildman–Crippen MR) is 173 cm³/mol. The molecule has 0 saturated carbocycles. The number of halogens is 3. The van der Waals surface area contributed by atoms with Crippen LogP contribution in [0.5, 0.6) is 0 Å². The van der Waals surface area contributed by atoms with E-state index in [1.54, 1.807) is 6.07 Å². The van der Waals surface area contributed by atoms with Gasteiger partial charge in [0.15, 0.2) is 0 Å². The summed E-state index contributed by atoms with van der Waals surface area (Å²) >= 11 is 1.53. The average Bonchev–Trinajstić information content (AvgIpc) is 3.00. The maximum absolute atomic E-state index is 13.3. The highest BCUT2D eigenvalue weighted by Gasteiger charge is 2.33. The molecule has 2 aliphatic heterocycles. The number of carboxylic acid groups (broad SMARTS) is 1. The molecule has 2 heterocycles. The molecule has 0 radical (unpaired) electrons. The second kappa shape index (κ2) is 19.3. The van der Waals surface area contributed by atoms with Gasteiger partial charge in [0.1, 0.15) is 0 Å². The highest BCUT2D eigenvalue weighted by Crippen LogP contribution is 2.49. The van der Waals surface area contributed by atoms with E-state index in [2.05, 4.69) is 16.7 Å². The van der Waals surface area contributed by atoms with Crippen LogP contribution in [0.2, 0.25) is 0 Å². The topological polar surface area (TPSA) is 67.2 Å². The molecule has 2 aromatic carbocycles. The highest BCUT2D eigenvalue weighted by atomic mass is 32.2. The second-order valence-electron chi connectivity index (χ2n) is 11.6. The van der Waals surface area contributed by atoms with Gasteiger partial charge in [-0.2, -0.15) is 13.2 Å². The molecule has 0 aromatic heterocycles. The molecule has 0 bridgehead atoms. The number of hydrogen-bond donors (Lipinski definition) is 2. The molecule has 0 unspecified atom stereocenters. The fourth-order valence-electron chi connectivity index (χ4n) is 5.66. The fraction of sp³-hybridized carbons (Fsp3) is 0.618. The first-order valence-corrected chi connectivity index (χ1v) is 17.1. The van der Waals surface area contributed by atoms with Crippen molar-refractivity contribution in [2.75, 3.05) is 57.3 Å². The quantitative estimate of drug-likeness (QED) is 0.180. The third kappa shape index (κ3) is 12.3. The van der Waals surface area contributed by atoms with Gasteiger partial charge in [0.2, 0.25) is 0 Å². The zero-order valence-electron chi connectivity index (χ0n) is 26.2. The molecule has 0 atom stereocenters. The smallest absolute Gasteiger partial charge is 0.416 e. The van der Waals surface area contributed by atoms with Crippen LogP contribution in [0.15, 0.2) is 52.3 Å². The van der Waals surface area contributed by atoms with Crippen molar-refractivity contribution < 1.29 is 28.2 Å². The zero-order chi connectivity index (χ0) is 31.8.